The molecule has 1 aromatic rings. The molecule has 0 saturated heterocycles. The van der Waals surface area contributed by atoms with E-state index in [1.807, 2.05) is 0 Å². The second kappa shape index (κ2) is 6.18. The highest BCUT2D eigenvalue weighted by Crippen LogP contribution is 2.24. The maximum absolute atomic E-state index is 13.4. The van der Waals surface area contributed by atoms with Gasteiger partial charge in [0.25, 0.3) is 0 Å². The van der Waals surface area contributed by atoms with Crippen LogP contribution in [0.3, 0.4) is 0 Å². The lowest BCUT2D eigenvalue weighted by Crippen LogP contribution is -2.17. The zero-order chi connectivity index (χ0) is 12.1. The van der Waals surface area contributed by atoms with Gasteiger partial charge in [0.05, 0.1) is 6.61 Å². The molecule has 0 amide bonds. The highest BCUT2D eigenvalue weighted by atomic mass is 79.9. The van der Waals surface area contributed by atoms with E-state index in [4.69, 9.17) is 21.4 Å². The molecule has 6 heteroatoms. The first-order valence-electron chi connectivity index (χ1n) is 4.41. The summed E-state index contributed by atoms with van der Waals surface area (Å²) in [6.45, 7) is 0.0461. The first-order valence-corrected chi connectivity index (χ1v) is 5.74. The number of alkyl halides is 1. The number of carboxylic acids is 1. The maximum atomic E-state index is 13.4. The molecular weight excluding hydrogens is 302 g/mol. The van der Waals surface area contributed by atoms with Crippen LogP contribution in [0, 0.1) is 5.82 Å². The Morgan fingerprint density at radius 2 is 2.31 bits per heavy atom. The normalized spacial score (nSPS) is 12.4. The van der Waals surface area contributed by atoms with Crippen LogP contribution >= 0.6 is 27.5 Å². The van der Waals surface area contributed by atoms with Crippen LogP contribution in [0.1, 0.15) is 11.7 Å². The number of carbonyl (C=O) groups is 1. The average Bonchev–Trinajstić information content (AvgIpc) is 2.23. The molecule has 0 heterocycles. The SMILES string of the molecule is O=C(O)C(OCCCl)c1cc(Br)ccc1F. The van der Waals surface area contributed by atoms with E-state index in [0.29, 0.717) is 4.47 Å². The van der Waals surface area contributed by atoms with Gasteiger partial charge < -0.3 is 9.84 Å². The van der Waals surface area contributed by atoms with E-state index in [9.17, 15) is 9.18 Å². The molecule has 1 rings (SSSR count). The van der Waals surface area contributed by atoms with Gasteiger partial charge in [0, 0.05) is 15.9 Å². The highest BCUT2D eigenvalue weighted by Gasteiger charge is 2.23. The van der Waals surface area contributed by atoms with E-state index in [1.54, 1.807) is 0 Å². The number of rotatable bonds is 5. The summed E-state index contributed by atoms with van der Waals surface area (Å²) in [6, 6.07) is 4.04. The minimum Gasteiger partial charge on any atom is -0.479 e. The molecule has 1 N–H and O–H groups in total. The molecule has 0 fully saturated rings. The van der Waals surface area contributed by atoms with Crippen molar-refractivity contribution in [2.45, 2.75) is 6.10 Å². The Bertz CT molecular complexity index is 386. The second-order valence-corrected chi connectivity index (χ2v) is 4.24. The maximum Gasteiger partial charge on any atom is 0.337 e. The van der Waals surface area contributed by atoms with Gasteiger partial charge in [-0.3, -0.25) is 0 Å². The molecule has 1 atom stereocenters. The van der Waals surface area contributed by atoms with Crippen LogP contribution in [0.25, 0.3) is 0 Å². The Labute approximate surface area is 105 Å². The van der Waals surface area contributed by atoms with E-state index in [-0.39, 0.29) is 18.1 Å². The van der Waals surface area contributed by atoms with Crippen molar-refractivity contribution >= 4 is 33.5 Å². The van der Waals surface area contributed by atoms with E-state index < -0.39 is 17.9 Å². The van der Waals surface area contributed by atoms with Gasteiger partial charge >= 0.3 is 5.97 Å². The van der Waals surface area contributed by atoms with Crippen molar-refractivity contribution in [3.63, 3.8) is 0 Å². The van der Waals surface area contributed by atoms with Crippen LogP contribution < -0.4 is 0 Å². The third-order valence-corrected chi connectivity index (χ3v) is 2.47. The van der Waals surface area contributed by atoms with Crippen molar-refractivity contribution in [3.05, 3.63) is 34.1 Å². The molecule has 0 aliphatic rings. The minimum absolute atomic E-state index is 0.0213. The topological polar surface area (TPSA) is 46.5 Å². The fraction of sp³-hybridized carbons (Fsp3) is 0.300. The largest absolute Gasteiger partial charge is 0.479 e. The summed E-state index contributed by atoms with van der Waals surface area (Å²) in [5, 5.41) is 8.92. The standard InChI is InChI=1S/C10H9BrClFO3/c11-6-1-2-8(13)7(5-6)9(10(14)15)16-4-3-12/h1-2,5,9H,3-4H2,(H,14,15). The first kappa shape index (κ1) is 13.4. The predicted molar refractivity (Wildman–Crippen MR) is 61.1 cm³/mol. The lowest BCUT2D eigenvalue weighted by molar-refractivity contribution is -0.150. The number of halogens is 3. The van der Waals surface area contributed by atoms with Crippen LogP contribution in [-0.2, 0) is 9.53 Å². The van der Waals surface area contributed by atoms with Crippen LogP contribution in [0.15, 0.2) is 22.7 Å². The molecular formula is C10H9BrClFO3. The second-order valence-electron chi connectivity index (χ2n) is 2.94. The minimum atomic E-state index is -1.34. The molecule has 3 nitrogen and oxygen atoms in total. The monoisotopic (exact) mass is 310 g/mol. The summed E-state index contributed by atoms with van der Waals surface area (Å²) in [4.78, 5) is 10.9. The molecule has 0 spiro atoms. The smallest absolute Gasteiger partial charge is 0.337 e. The van der Waals surface area contributed by atoms with Gasteiger partial charge in [-0.25, -0.2) is 9.18 Å². The van der Waals surface area contributed by atoms with Crippen molar-refractivity contribution in [2.24, 2.45) is 0 Å². The van der Waals surface area contributed by atoms with Gasteiger partial charge in [0.15, 0.2) is 6.10 Å². The van der Waals surface area contributed by atoms with Crippen LogP contribution in [0.5, 0.6) is 0 Å². The van der Waals surface area contributed by atoms with Crippen molar-refractivity contribution in [3.8, 4) is 0 Å². The Kier molecular flexibility index (Phi) is 5.18. The van der Waals surface area contributed by atoms with Crippen LogP contribution in [0.2, 0.25) is 0 Å². The fourth-order valence-electron chi connectivity index (χ4n) is 1.17. The van der Waals surface area contributed by atoms with Gasteiger partial charge in [-0.2, -0.15) is 0 Å². The van der Waals surface area contributed by atoms with Crippen molar-refractivity contribution in [2.75, 3.05) is 12.5 Å². The third-order valence-electron chi connectivity index (χ3n) is 1.83. The fourth-order valence-corrected chi connectivity index (χ4v) is 1.64. The number of carboxylic acid groups (broad SMARTS) is 1. The number of hydrogen-bond acceptors (Lipinski definition) is 2. The summed E-state index contributed by atoms with van der Waals surface area (Å²) < 4.78 is 19.0. The van der Waals surface area contributed by atoms with E-state index in [1.165, 1.54) is 18.2 Å². The van der Waals surface area contributed by atoms with Gasteiger partial charge in [-0.05, 0) is 18.2 Å². The molecule has 1 aromatic carbocycles. The van der Waals surface area contributed by atoms with Gasteiger partial charge in [-0.15, -0.1) is 11.6 Å². The van der Waals surface area contributed by atoms with Gasteiger partial charge in [-0.1, -0.05) is 15.9 Å². The molecule has 16 heavy (non-hydrogen) atoms. The number of aliphatic carboxylic acids is 1. The summed E-state index contributed by atoms with van der Waals surface area (Å²) in [6.07, 6.45) is -1.34. The highest BCUT2D eigenvalue weighted by molar-refractivity contribution is 9.10. The molecule has 0 radical (unpaired) electrons. The molecule has 0 aliphatic heterocycles. The van der Waals surface area contributed by atoms with Crippen molar-refractivity contribution < 1.29 is 19.0 Å². The summed E-state index contributed by atoms with van der Waals surface area (Å²) >= 11 is 8.53. The average molecular weight is 312 g/mol. The van der Waals surface area contributed by atoms with Crippen molar-refractivity contribution in [1.82, 2.24) is 0 Å². The lowest BCUT2D eigenvalue weighted by Gasteiger charge is -2.14. The van der Waals surface area contributed by atoms with Crippen molar-refractivity contribution in [1.29, 1.82) is 0 Å². The summed E-state index contributed by atoms with van der Waals surface area (Å²) in [5.74, 6) is -1.72. The molecule has 88 valence electrons. The first-order chi connectivity index (χ1) is 7.56. The Balaban J connectivity index is 3.00. The van der Waals surface area contributed by atoms with Gasteiger partial charge in [0.2, 0.25) is 0 Å². The van der Waals surface area contributed by atoms with E-state index in [2.05, 4.69) is 15.9 Å². The quantitative estimate of drug-likeness (QED) is 0.850. The molecule has 0 aromatic heterocycles. The van der Waals surface area contributed by atoms with Crippen LogP contribution in [-0.4, -0.2) is 23.6 Å². The molecule has 0 saturated carbocycles. The Hall–Kier alpha value is -0.650. The van der Waals surface area contributed by atoms with Crippen LogP contribution in [0.4, 0.5) is 4.39 Å². The third kappa shape index (κ3) is 3.43. The Morgan fingerprint density at radius 3 is 2.88 bits per heavy atom. The van der Waals surface area contributed by atoms with Gasteiger partial charge in [0.1, 0.15) is 5.82 Å². The Morgan fingerprint density at radius 1 is 1.62 bits per heavy atom. The zero-order valence-electron chi connectivity index (χ0n) is 8.12. The number of hydrogen-bond donors (Lipinski definition) is 1. The summed E-state index contributed by atoms with van der Waals surface area (Å²) in [7, 11) is 0. The molecule has 0 bridgehead atoms. The molecule has 0 aliphatic carbocycles. The zero-order valence-corrected chi connectivity index (χ0v) is 10.5. The van der Waals surface area contributed by atoms with E-state index in [0.717, 1.165) is 0 Å². The predicted octanol–water partition coefficient (Wildman–Crippen LogP) is 2.97. The summed E-state index contributed by atoms with van der Waals surface area (Å²) in [5.41, 5.74) is -0.0213. The molecule has 1 unspecified atom stereocenters. The number of benzene rings is 1. The van der Waals surface area contributed by atoms with E-state index >= 15 is 0 Å². The lowest BCUT2D eigenvalue weighted by atomic mass is 10.1. The number of ether oxygens (including phenoxy) is 1.